The van der Waals surface area contributed by atoms with Gasteiger partial charge >= 0.3 is 5.97 Å². The van der Waals surface area contributed by atoms with Crippen molar-refractivity contribution in [2.75, 3.05) is 0 Å². The molecule has 3 aliphatic carbocycles. The van der Waals surface area contributed by atoms with Crippen molar-refractivity contribution in [3.63, 3.8) is 0 Å². The summed E-state index contributed by atoms with van der Waals surface area (Å²) in [6, 6.07) is 8.44. The Hall–Kier alpha value is -1.31. The zero-order chi connectivity index (χ0) is 28.7. The number of aryl methyl sites for hydroxylation is 1. The Balaban J connectivity index is 1.06. The van der Waals surface area contributed by atoms with E-state index < -0.39 is 0 Å². The molecule has 3 saturated carbocycles. The SMILES string of the molecule is CCCCCC1CCC(CCc2ccc(OC(=O)C3CCC(CCC4CCC(CCCCC)CC4)CC3)cc2)CC1. The zero-order valence-corrected chi connectivity index (χ0v) is 27.1. The number of hydrogen-bond acceptors (Lipinski definition) is 2. The fraction of sp³-hybridized carbons (Fsp3) is 0.821. The smallest absolute Gasteiger partial charge is 0.314 e. The maximum Gasteiger partial charge on any atom is 0.314 e. The summed E-state index contributed by atoms with van der Waals surface area (Å²) in [7, 11) is 0. The van der Waals surface area contributed by atoms with Gasteiger partial charge in [0, 0.05) is 0 Å². The van der Waals surface area contributed by atoms with Gasteiger partial charge in [-0.1, -0.05) is 142 Å². The zero-order valence-electron chi connectivity index (χ0n) is 27.1. The van der Waals surface area contributed by atoms with Crippen molar-refractivity contribution >= 4 is 5.97 Å². The minimum atomic E-state index is 0.00768. The Morgan fingerprint density at radius 3 is 1.44 bits per heavy atom. The summed E-state index contributed by atoms with van der Waals surface area (Å²) in [5.41, 5.74) is 1.39. The van der Waals surface area contributed by atoms with Gasteiger partial charge in [-0.2, -0.15) is 0 Å². The van der Waals surface area contributed by atoms with Crippen LogP contribution in [0.4, 0.5) is 0 Å². The van der Waals surface area contributed by atoms with Crippen LogP contribution in [0, 0.1) is 35.5 Å². The molecule has 4 rings (SSSR count). The van der Waals surface area contributed by atoms with Gasteiger partial charge in [0.05, 0.1) is 5.92 Å². The molecule has 0 heterocycles. The number of rotatable bonds is 16. The molecule has 0 spiro atoms. The number of unbranched alkanes of at least 4 members (excludes halogenated alkanes) is 4. The first-order chi connectivity index (χ1) is 20.1. The number of benzene rings is 1. The molecule has 2 heteroatoms. The van der Waals surface area contributed by atoms with Crippen LogP contribution in [0.25, 0.3) is 0 Å². The Bertz CT molecular complexity index is 820. The van der Waals surface area contributed by atoms with Gasteiger partial charge in [-0.05, 0) is 85.8 Å². The molecule has 0 bridgehead atoms. The molecule has 41 heavy (non-hydrogen) atoms. The molecular formula is C39H64O2. The average Bonchev–Trinajstić information content (AvgIpc) is 3.01. The summed E-state index contributed by atoms with van der Waals surface area (Å²) in [4.78, 5) is 12.9. The van der Waals surface area contributed by atoms with Crippen molar-refractivity contribution in [1.82, 2.24) is 0 Å². The highest BCUT2D eigenvalue weighted by Crippen LogP contribution is 2.38. The van der Waals surface area contributed by atoms with Crippen LogP contribution in [-0.4, -0.2) is 5.97 Å². The van der Waals surface area contributed by atoms with E-state index in [1.807, 2.05) is 12.1 Å². The Kier molecular flexibility index (Phi) is 14.6. The summed E-state index contributed by atoms with van der Waals surface area (Å²) in [5, 5.41) is 0. The first-order valence-electron chi connectivity index (χ1n) is 18.4. The van der Waals surface area contributed by atoms with Gasteiger partial charge in [-0.25, -0.2) is 0 Å². The van der Waals surface area contributed by atoms with Crippen LogP contribution in [0.3, 0.4) is 0 Å². The third kappa shape index (κ3) is 11.7. The van der Waals surface area contributed by atoms with Gasteiger partial charge in [0.15, 0.2) is 0 Å². The standard InChI is InChI=1S/C39H64O2/c1-3-5-7-9-31-11-15-33(16-12-31)19-21-35-23-27-37(28-24-35)39(40)41-38-29-25-36(26-30-38)22-20-34-17-13-32(14-18-34)10-8-6-4-2/h25-26,29-35,37H,3-24,27-28H2,1-2H3. The monoisotopic (exact) mass is 564 g/mol. The molecule has 3 fully saturated rings. The Morgan fingerprint density at radius 2 is 0.976 bits per heavy atom. The van der Waals surface area contributed by atoms with Crippen molar-refractivity contribution in [2.24, 2.45) is 35.5 Å². The van der Waals surface area contributed by atoms with Crippen LogP contribution in [-0.2, 0) is 11.2 Å². The van der Waals surface area contributed by atoms with Crippen LogP contribution in [0.5, 0.6) is 5.75 Å². The Labute approximate surface area is 254 Å². The van der Waals surface area contributed by atoms with E-state index in [1.165, 1.54) is 140 Å². The molecule has 2 nitrogen and oxygen atoms in total. The lowest BCUT2D eigenvalue weighted by Crippen LogP contribution is -2.26. The number of carbonyl (C=O) groups excluding carboxylic acids is 1. The van der Waals surface area contributed by atoms with Gasteiger partial charge < -0.3 is 4.74 Å². The molecule has 232 valence electrons. The minimum Gasteiger partial charge on any atom is -0.426 e. The van der Waals surface area contributed by atoms with Crippen LogP contribution in [0.2, 0.25) is 0 Å². The molecule has 1 aromatic rings. The molecule has 0 amide bonds. The fourth-order valence-corrected chi connectivity index (χ4v) is 8.44. The first-order valence-corrected chi connectivity index (χ1v) is 18.4. The van der Waals surface area contributed by atoms with Crippen LogP contribution >= 0.6 is 0 Å². The predicted octanol–water partition coefficient (Wildman–Crippen LogP) is 11.9. The van der Waals surface area contributed by atoms with Crippen molar-refractivity contribution in [3.05, 3.63) is 29.8 Å². The average molecular weight is 565 g/mol. The number of carbonyl (C=O) groups is 1. The molecule has 0 aromatic heterocycles. The molecule has 0 N–H and O–H groups in total. The molecule has 0 radical (unpaired) electrons. The quantitative estimate of drug-likeness (QED) is 0.113. The van der Waals surface area contributed by atoms with Gasteiger partial charge in [-0.15, -0.1) is 0 Å². The van der Waals surface area contributed by atoms with E-state index in [0.29, 0.717) is 0 Å². The maximum absolute atomic E-state index is 12.9. The van der Waals surface area contributed by atoms with Crippen LogP contribution in [0.1, 0.15) is 167 Å². The third-order valence-corrected chi connectivity index (χ3v) is 11.5. The number of esters is 1. The highest BCUT2D eigenvalue weighted by Gasteiger charge is 2.29. The molecule has 1 aromatic carbocycles. The van der Waals surface area contributed by atoms with E-state index in [9.17, 15) is 4.79 Å². The van der Waals surface area contributed by atoms with E-state index in [2.05, 4.69) is 26.0 Å². The number of ether oxygens (including phenoxy) is 1. The molecule has 0 atom stereocenters. The van der Waals surface area contributed by atoms with Gasteiger partial charge in [0.2, 0.25) is 0 Å². The Morgan fingerprint density at radius 1 is 0.561 bits per heavy atom. The van der Waals surface area contributed by atoms with E-state index in [1.54, 1.807) is 0 Å². The largest absolute Gasteiger partial charge is 0.426 e. The second-order valence-electron chi connectivity index (χ2n) is 14.7. The fourth-order valence-electron chi connectivity index (χ4n) is 8.44. The summed E-state index contributed by atoms with van der Waals surface area (Å²) in [6.07, 6.45) is 32.7. The summed E-state index contributed by atoms with van der Waals surface area (Å²) in [5.74, 6) is 5.56. The van der Waals surface area contributed by atoms with Gasteiger partial charge in [0.1, 0.15) is 5.75 Å². The van der Waals surface area contributed by atoms with Crippen molar-refractivity contribution in [1.29, 1.82) is 0 Å². The normalized spacial score (nSPS) is 28.8. The lowest BCUT2D eigenvalue weighted by atomic mass is 9.75. The van der Waals surface area contributed by atoms with Crippen LogP contribution < -0.4 is 4.74 Å². The first kappa shape index (κ1) is 32.6. The molecule has 0 aliphatic heterocycles. The highest BCUT2D eigenvalue weighted by molar-refractivity contribution is 5.75. The van der Waals surface area contributed by atoms with Crippen molar-refractivity contribution in [2.45, 2.75) is 168 Å². The van der Waals surface area contributed by atoms with E-state index in [4.69, 9.17) is 4.74 Å². The summed E-state index contributed by atoms with van der Waals surface area (Å²) < 4.78 is 5.85. The number of hydrogen-bond donors (Lipinski definition) is 0. The van der Waals surface area contributed by atoms with E-state index >= 15 is 0 Å². The van der Waals surface area contributed by atoms with Crippen molar-refractivity contribution < 1.29 is 9.53 Å². The topological polar surface area (TPSA) is 26.3 Å². The van der Waals surface area contributed by atoms with Gasteiger partial charge in [-0.3, -0.25) is 4.79 Å². The third-order valence-electron chi connectivity index (χ3n) is 11.5. The van der Waals surface area contributed by atoms with Crippen molar-refractivity contribution in [3.8, 4) is 5.75 Å². The molecular weight excluding hydrogens is 500 g/mol. The second-order valence-corrected chi connectivity index (χ2v) is 14.7. The second kappa shape index (κ2) is 18.4. The van der Waals surface area contributed by atoms with E-state index in [-0.39, 0.29) is 11.9 Å². The van der Waals surface area contributed by atoms with Gasteiger partial charge in [0.25, 0.3) is 0 Å². The lowest BCUT2D eigenvalue weighted by molar-refractivity contribution is -0.140. The highest BCUT2D eigenvalue weighted by atomic mass is 16.5. The summed E-state index contributed by atoms with van der Waals surface area (Å²) >= 11 is 0. The maximum atomic E-state index is 12.9. The molecule has 3 aliphatic rings. The minimum absolute atomic E-state index is 0.00768. The lowest BCUT2D eigenvalue weighted by Gasteiger charge is -2.31. The molecule has 0 unspecified atom stereocenters. The summed E-state index contributed by atoms with van der Waals surface area (Å²) in [6.45, 7) is 4.62. The van der Waals surface area contributed by atoms with Crippen LogP contribution in [0.15, 0.2) is 24.3 Å². The van der Waals surface area contributed by atoms with E-state index in [0.717, 1.165) is 54.6 Å². The predicted molar refractivity (Wildman–Crippen MR) is 174 cm³/mol. The molecule has 0 saturated heterocycles.